The van der Waals surface area contributed by atoms with Crippen molar-refractivity contribution in [2.24, 2.45) is 0 Å². The topological polar surface area (TPSA) is 25.8 Å². The van der Waals surface area contributed by atoms with Crippen molar-refractivity contribution in [2.45, 2.75) is 6.92 Å². The number of aromatic nitrogens is 2. The zero-order valence-corrected chi connectivity index (χ0v) is 22.7. The zero-order valence-electron chi connectivity index (χ0n) is 22.7. The van der Waals surface area contributed by atoms with Crippen molar-refractivity contribution in [3.8, 4) is 33.9 Å². The fourth-order valence-corrected chi connectivity index (χ4v) is 6.08. The maximum absolute atomic E-state index is 5.32. The molecule has 0 aliphatic heterocycles. The van der Waals surface area contributed by atoms with Gasteiger partial charge in [0.15, 0.2) is 5.82 Å². The van der Waals surface area contributed by atoms with Gasteiger partial charge in [-0.15, -0.1) is 0 Å². The molecule has 0 spiro atoms. The number of hydrogen-bond acceptors (Lipinski definition) is 2. The quantitative estimate of drug-likeness (QED) is 0.216. The molecule has 0 amide bonds. The molecule has 7 aromatic carbocycles. The van der Waals surface area contributed by atoms with E-state index in [1.807, 2.05) is 0 Å². The minimum absolute atomic E-state index is 0.734. The summed E-state index contributed by atoms with van der Waals surface area (Å²) in [6, 6.07) is 49.7. The van der Waals surface area contributed by atoms with Crippen LogP contribution in [0.3, 0.4) is 0 Å². The van der Waals surface area contributed by atoms with Gasteiger partial charge in [-0.05, 0) is 68.2 Å². The van der Waals surface area contributed by atoms with Crippen LogP contribution in [0.1, 0.15) is 5.56 Å². The molecule has 0 saturated heterocycles. The molecule has 0 N–H and O–H groups in total. The van der Waals surface area contributed by atoms with Crippen molar-refractivity contribution in [1.29, 1.82) is 0 Å². The van der Waals surface area contributed by atoms with Gasteiger partial charge in [-0.3, -0.25) is 0 Å². The Balaban J connectivity index is 1.47. The van der Waals surface area contributed by atoms with Crippen LogP contribution in [-0.2, 0) is 0 Å². The molecular weight excluding hydrogens is 496 g/mol. The van der Waals surface area contributed by atoms with E-state index in [9.17, 15) is 0 Å². The highest BCUT2D eigenvalue weighted by Crippen LogP contribution is 2.38. The maximum Gasteiger partial charge on any atom is 0.161 e. The number of aryl methyl sites for hydroxylation is 1. The van der Waals surface area contributed by atoms with Crippen LogP contribution in [0.4, 0.5) is 0 Å². The monoisotopic (exact) mass is 522 g/mol. The first-order valence-corrected chi connectivity index (χ1v) is 14.0. The minimum Gasteiger partial charge on any atom is -0.228 e. The van der Waals surface area contributed by atoms with E-state index >= 15 is 0 Å². The molecule has 0 unspecified atom stereocenters. The van der Waals surface area contributed by atoms with Crippen molar-refractivity contribution in [3.05, 3.63) is 145 Å². The number of rotatable bonds is 3. The van der Waals surface area contributed by atoms with E-state index < -0.39 is 0 Å². The van der Waals surface area contributed by atoms with E-state index in [4.69, 9.17) is 9.97 Å². The van der Waals surface area contributed by atoms with E-state index in [0.717, 1.165) is 39.3 Å². The lowest BCUT2D eigenvalue weighted by atomic mass is 9.94. The van der Waals surface area contributed by atoms with Crippen LogP contribution in [0.2, 0.25) is 0 Å². The van der Waals surface area contributed by atoms with Gasteiger partial charge in [0.1, 0.15) is 0 Å². The third-order valence-corrected chi connectivity index (χ3v) is 8.13. The van der Waals surface area contributed by atoms with Crippen molar-refractivity contribution >= 4 is 43.1 Å². The smallest absolute Gasteiger partial charge is 0.161 e. The summed E-state index contributed by atoms with van der Waals surface area (Å²) in [4.78, 5) is 10.5. The van der Waals surface area contributed by atoms with Gasteiger partial charge in [0, 0.05) is 16.7 Å². The summed E-state index contributed by atoms with van der Waals surface area (Å²) in [5, 5.41) is 9.66. The molecule has 1 heterocycles. The van der Waals surface area contributed by atoms with Crippen molar-refractivity contribution in [1.82, 2.24) is 9.97 Å². The standard InChI is InChI=1S/C39H26N2/c1-25-18-20-26(21-19-25)37-24-38(35-22-27-10-2-4-12-29(27)31-14-6-8-16-33(31)35)41-39(40-37)36-23-28-11-3-5-13-30(28)32-15-7-9-17-34(32)36/h2-24H,1H3. The van der Waals surface area contributed by atoms with Gasteiger partial charge in [-0.2, -0.15) is 0 Å². The van der Waals surface area contributed by atoms with E-state index in [1.54, 1.807) is 0 Å². The average molecular weight is 523 g/mol. The van der Waals surface area contributed by atoms with Gasteiger partial charge in [-0.25, -0.2) is 9.97 Å². The summed E-state index contributed by atoms with van der Waals surface area (Å²) in [5.74, 6) is 0.734. The summed E-state index contributed by atoms with van der Waals surface area (Å²) in [6.45, 7) is 2.11. The van der Waals surface area contributed by atoms with Gasteiger partial charge < -0.3 is 0 Å². The lowest BCUT2D eigenvalue weighted by molar-refractivity contribution is 1.19. The molecule has 8 aromatic rings. The molecule has 0 fully saturated rings. The fourth-order valence-electron chi connectivity index (χ4n) is 6.08. The van der Waals surface area contributed by atoms with Crippen LogP contribution in [0.15, 0.2) is 140 Å². The summed E-state index contributed by atoms with van der Waals surface area (Å²) >= 11 is 0. The van der Waals surface area contributed by atoms with Gasteiger partial charge >= 0.3 is 0 Å². The first kappa shape index (κ1) is 23.5. The maximum atomic E-state index is 5.32. The van der Waals surface area contributed by atoms with E-state index in [1.165, 1.54) is 43.3 Å². The highest BCUT2D eigenvalue weighted by molar-refractivity contribution is 6.15. The first-order valence-electron chi connectivity index (χ1n) is 14.0. The Morgan fingerprint density at radius 1 is 0.390 bits per heavy atom. The van der Waals surface area contributed by atoms with E-state index in [2.05, 4.69) is 146 Å². The van der Waals surface area contributed by atoms with Crippen molar-refractivity contribution in [2.75, 3.05) is 0 Å². The Kier molecular flexibility index (Phi) is 5.39. The summed E-state index contributed by atoms with van der Waals surface area (Å²) in [5.41, 5.74) is 6.30. The summed E-state index contributed by atoms with van der Waals surface area (Å²) in [7, 11) is 0. The van der Waals surface area contributed by atoms with Crippen LogP contribution < -0.4 is 0 Å². The second kappa shape index (κ2) is 9.39. The largest absolute Gasteiger partial charge is 0.228 e. The van der Waals surface area contributed by atoms with Gasteiger partial charge in [-0.1, -0.05) is 127 Å². The number of fused-ring (bicyclic) bond motifs is 6. The molecule has 0 radical (unpaired) electrons. The van der Waals surface area contributed by atoms with Crippen LogP contribution in [0.5, 0.6) is 0 Å². The van der Waals surface area contributed by atoms with E-state index in [-0.39, 0.29) is 0 Å². The van der Waals surface area contributed by atoms with E-state index in [0.29, 0.717) is 0 Å². The lowest BCUT2D eigenvalue weighted by Gasteiger charge is -2.15. The van der Waals surface area contributed by atoms with Gasteiger partial charge in [0.25, 0.3) is 0 Å². The third kappa shape index (κ3) is 3.96. The highest BCUT2D eigenvalue weighted by atomic mass is 14.9. The molecule has 41 heavy (non-hydrogen) atoms. The Morgan fingerprint density at radius 3 is 1.46 bits per heavy atom. The van der Waals surface area contributed by atoms with Gasteiger partial charge in [0.2, 0.25) is 0 Å². The Hall–Kier alpha value is -5.34. The molecule has 1 aromatic heterocycles. The SMILES string of the molecule is Cc1ccc(-c2cc(-c3cc4ccccc4c4ccccc34)nc(-c3cc4ccccc4c4ccccc34)n2)cc1. The minimum atomic E-state index is 0.734. The molecule has 2 nitrogen and oxygen atoms in total. The fraction of sp³-hybridized carbons (Fsp3) is 0.0256. The number of benzene rings is 7. The zero-order chi connectivity index (χ0) is 27.3. The molecule has 0 saturated carbocycles. The number of hydrogen-bond donors (Lipinski definition) is 0. The molecular formula is C39H26N2. The van der Waals surface area contributed by atoms with Crippen LogP contribution in [-0.4, -0.2) is 9.97 Å². The Morgan fingerprint density at radius 2 is 0.854 bits per heavy atom. The first-order chi connectivity index (χ1) is 20.2. The number of nitrogens with zero attached hydrogens (tertiary/aromatic N) is 2. The van der Waals surface area contributed by atoms with Gasteiger partial charge in [0.05, 0.1) is 11.4 Å². The summed E-state index contributed by atoms with van der Waals surface area (Å²) in [6.07, 6.45) is 0. The Labute approximate surface area is 238 Å². The van der Waals surface area contributed by atoms with Crippen LogP contribution >= 0.6 is 0 Å². The molecule has 0 bridgehead atoms. The normalized spacial score (nSPS) is 11.5. The predicted octanol–water partition coefficient (Wildman–Crippen LogP) is 10.4. The summed E-state index contributed by atoms with van der Waals surface area (Å²) < 4.78 is 0. The van der Waals surface area contributed by atoms with Crippen molar-refractivity contribution in [3.63, 3.8) is 0 Å². The van der Waals surface area contributed by atoms with Crippen LogP contribution in [0, 0.1) is 6.92 Å². The molecule has 0 aliphatic rings. The van der Waals surface area contributed by atoms with Crippen molar-refractivity contribution < 1.29 is 0 Å². The second-order valence-electron chi connectivity index (χ2n) is 10.7. The second-order valence-corrected chi connectivity index (χ2v) is 10.7. The molecule has 0 aliphatic carbocycles. The Bertz CT molecular complexity index is 2130. The van der Waals surface area contributed by atoms with Crippen LogP contribution in [0.25, 0.3) is 77.0 Å². The highest BCUT2D eigenvalue weighted by Gasteiger charge is 2.17. The molecule has 0 atom stereocenters. The third-order valence-electron chi connectivity index (χ3n) is 8.13. The molecule has 192 valence electrons. The molecule has 8 rings (SSSR count). The predicted molar refractivity (Wildman–Crippen MR) is 173 cm³/mol. The lowest BCUT2D eigenvalue weighted by Crippen LogP contribution is -1.97. The average Bonchev–Trinajstić information content (AvgIpc) is 3.04. The molecule has 2 heteroatoms.